The Morgan fingerprint density at radius 2 is 1.86 bits per heavy atom. The molecule has 0 amide bonds. The third kappa shape index (κ3) is 2.85. The van der Waals surface area contributed by atoms with E-state index in [0.29, 0.717) is 6.42 Å². The maximum absolute atomic E-state index is 13.0. The number of benzene rings is 2. The number of allylic oxidation sites excluding steroid dienone is 2. The third-order valence-corrected chi connectivity index (χ3v) is 5.88. The zero-order chi connectivity index (χ0) is 20.0. The Morgan fingerprint density at radius 3 is 2.59 bits per heavy atom. The molecule has 2 aromatic carbocycles. The summed E-state index contributed by atoms with van der Waals surface area (Å²) >= 11 is 0. The van der Waals surface area contributed by atoms with Gasteiger partial charge in [-0.3, -0.25) is 4.79 Å². The fourth-order valence-electron chi connectivity index (χ4n) is 4.53. The van der Waals surface area contributed by atoms with Crippen molar-refractivity contribution in [3.8, 4) is 16.9 Å². The minimum atomic E-state index is -0.243. The summed E-state index contributed by atoms with van der Waals surface area (Å²) < 4.78 is 7.33. The summed E-state index contributed by atoms with van der Waals surface area (Å²) in [6.07, 6.45) is 3.52. The molecule has 1 aliphatic carbocycles. The number of nitrogens with one attached hydrogen (secondary N) is 1. The van der Waals surface area contributed by atoms with Crippen LogP contribution in [-0.4, -0.2) is 22.7 Å². The molecule has 3 aromatic rings. The highest BCUT2D eigenvalue weighted by molar-refractivity contribution is 5.89. The topological polar surface area (TPSA) is 56.1 Å². The van der Waals surface area contributed by atoms with E-state index in [0.717, 1.165) is 46.1 Å². The number of methoxy groups -OCH3 is 1. The van der Waals surface area contributed by atoms with Gasteiger partial charge in [-0.25, -0.2) is 4.68 Å². The predicted octanol–water partition coefficient (Wildman–Crippen LogP) is 4.75. The van der Waals surface area contributed by atoms with Crippen molar-refractivity contribution in [2.45, 2.75) is 25.8 Å². The number of carbonyl (C=O) groups excluding carboxylic acids is 1. The normalized spacial score (nSPS) is 20.3. The summed E-state index contributed by atoms with van der Waals surface area (Å²) in [7, 11) is 1.66. The van der Waals surface area contributed by atoms with Crippen LogP contribution in [0, 0.1) is 12.8 Å². The first-order valence-electron chi connectivity index (χ1n) is 9.95. The maximum atomic E-state index is 13.0. The molecule has 2 aliphatic rings. The molecule has 0 fully saturated rings. The highest BCUT2D eigenvalue weighted by Gasteiger charge is 2.42. The lowest BCUT2D eigenvalue weighted by Crippen LogP contribution is -2.38. The zero-order valence-corrected chi connectivity index (χ0v) is 16.6. The fraction of sp³-hybridized carbons (Fsp3) is 0.250. The van der Waals surface area contributed by atoms with Crippen molar-refractivity contribution in [1.29, 1.82) is 0 Å². The van der Waals surface area contributed by atoms with E-state index in [-0.39, 0.29) is 17.7 Å². The molecule has 1 aromatic heterocycles. The summed E-state index contributed by atoms with van der Waals surface area (Å²) in [5.41, 5.74) is 5.20. The number of Topliss-reactive ketones (excluding diaryl/α,β-unsaturated/α-hetero) is 1. The molecule has 29 heavy (non-hydrogen) atoms. The molecular weight excluding hydrogens is 362 g/mol. The van der Waals surface area contributed by atoms with Crippen LogP contribution >= 0.6 is 0 Å². The number of aryl methyl sites for hydroxylation is 1. The lowest BCUT2D eigenvalue weighted by Gasteiger charge is -2.37. The largest absolute Gasteiger partial charge is 0.497 e. The number of ketones is 1. The zero-order valence-electron chi connectivity index (χ0n) is 16.6. The minimum Gasteiger partial charge on any atom is -0.497 e. The molecule has 0 saturated carbocycles. The number of hydrogen-bond donors (Lipinski definition) is 1. The summed E-state index contributed by atoms with van der Waals surface area (Å²) in [5.74, 6) is 1.77. The van der Waals surface area contributed by atoms with Gasteiger partial charge < -0.3 is 10.1 Å². The number of ether oxygens (including phenoxy) is 1. The molecule has 1 aliphatic heterocycles. The van der Waals surface area contributed by atoms with Gasteiger partial charge in [0.05, 0.1) is 24.8 Å². The van der Waals surface area contributed by atoms with Crippen LogP contribution in [-0.2, 0) is 4.79 Å². The second kappa shape index (κ2) is 6.92. The first-order valence-corrected chi connectivity index (χ1v) is 9.95. The van der Waals surface area contributed by atoms with Crippen LogP contribution in [0.1, 0.15) is 30.1 Å². The van der Waals surface area contributed by atoms with E-state index in [1.165, 1.54) is 0 Å². The molecule has 0 radical (unpaired) electrons. The summed E-state index contributed by atoms with van der Waals surface area (Å²) in [6, 6.07) is 18.1. The lowest BCUT2D eigenvalue weighted by atomic mass is 9.80. The van der Waals surface area contributed by atoms with Crippen LogP contribution in [0.5, 0.6) is 5.75 Å². The first-order chi connectivity index (χ1) is 14.2. The van der Waals surface area contributed by atoms with Crippen molar-refractivity contribution < 1.29 is 9.53 Å². The number of carbonyl (C=O) groups is 1. The Morgan fingerprint density at radius 1 is 1.10 bits per heavy atom. The fourth-order valence-corrected chi connectivity index (χ4v) is 4.53. The molecule has 1 N–H and O–H groups in total. The molecule has 0 unspecified atom stereocenters. The van der Waals surface area contributed by atoms with Gasteiger partial charge in [0.2, 0.25) is 0 Å². The summed E-state index contributed by atoms with van der Waals surface area (Å²) in [6.45, 7) is 2.03. The van der Waals surface area contributed by atoms with Gasteiger partial charge in [0.1, 0.15) is 17.4 Å². The molecular formula is C24H23N3O2. The average molecular weight is 385 g/mol. The van der Waals surface area contributed by atoms with Crippen molar-refractivity contribution in [3.05, 3.63) is 77.6 Å². The second-order valence-corrected chi connectivity index (χ2v) is 7.60. The van der Waals surface area contributed by atoms with E-state index in [9.17, 15) is 4.79 Å². The highest BCUT2D eigenvalue weighted by atomic mass is 16.5. The third-order valence-electron chi connectivity index (χ3n) is 5.88. The standard InChI is InChI=1S/C24H23N3O2/c1-15-21(16-7-4-3-5-8-16)24-25-19-9-6-10-20(28)22(19)23(27(24)26-15)17-11-13-18(29-2)14-12-17/h3-5,7-9,11-14,22-23,25H,6,10H2,1-2H3/t22-,23-/m1/s1. The van der Waals surface area contributed by atoms with Crippen LogP contribution in [0.25, 0.3) is 11.1 Å². The maximum Gasteiger partial charge on any atom is 0.144 e. The van der Waals surface area contributed by atoms with Crippen molar-refractivity contribution in [1.82, 2.24) is 9.78 Å². The Bertz CT molecular complexity index is 1100. The van der Waals surface area contributed by atoms with Gasteiger partial charge in [-0.15, -0.1) is 0 Å². The number of anilines is 1. The Balaban J connectivity index is 1.72. The van der Waals surface area contributed by atoms with Crippen LogP contribution < -0.4 is 10.1 Å². The summed E-state index contributed by atoms with van der Waals surface area (Å²) in [5, 5.41) is 8.45. The SMILES string of the molecule is COc1ccc([C@@H]2[C@H]3C(=O)CCC=C3Nc3c(-c4ccccc4)c(C)nn32)cc1. The van der Waals surface area contributed by atoms with E-state index >= 15 is 0 Å². The number of fused-ring (bicyclic) bond motifs is 2. The Labute approximate surface area is 170 Å². The van der Waals surface area contributed by atoms with Gasteiger partial charge in [-0.1, -0.05) is 48.5 Å². The molecule has 0 saturated heterocycles. The molecule has 0 spiro atoms. The Kier molecular flexibility index (Phi) is 4.23. The number of hydrogen-bond acceptors (Lipinski definition) is 4. The number of rotatable bonds is 3. The van der Waals surface area contributed by atoms with Crippen LogP contribution in [0.4, 0.5) is 5.82 Å². The van der Waals surface area contributed by atoms with Crippen LogP contribution in [0.3, 0.4) is 0 Å². The van der Waals surface area contributed by atoms with Gasteiger partial charge in [-0.2, -0.15) is 5.10 Å². The molecule has 5 heteroatoms. The van der Waals surface area contributed by atoms with Gasteiger partial charge in [0.15, 0.2) is 0 Å². The minimum absolute atomic E-state index is 0.174. The molecule has 146 valence electrons. The summed E-state index contributed by atoms with van der Waals surface area (Å²) in [4.78, 5) is 13.0. The Hall–Kier alpha value is -3.34. The quantitative estimate of drug-likeness (QED) is 0.707. The van der Waals surface area contributed by atoms with E-state index in [2.05, 4.69) is 23.5 Å². The predicted molar refractivity (Wildman–Crippen MR) is 113 cm³/mol. The van der Waals surface area contributed by atoms with Gasteiger partial charge in [-0.05, 0) is 36.6 Å². The molecule has 2 heterocycles. The van der Waals surface area contributed by atoms with E-state index in [4.69, 9.17) is 9.84 Å². The molecule has 0 bridgehead atoms. The van der Waals surface area contributed by atoms with Crippen molar-refractivity contribution in [3.63, 3.8) is 0 Å². The van der Waals surface area contributed by atoms with E-state index in [1.54, 1.807) is 7.11 Å². The van der Waals surface area contributed by atoms with Crippen LogP contribution in [0.2, 0.25) is 0 Å². The van der Waals surface area contributed by atoms with Crippen LogP contribution in [0.15, 0.2) is 66.4 Å². The monoisotopic (exact) mass is 385 g/mol. The lowest BCUT2D eigenvalue weighted by molar-refractivity contribution is -0.123. The van der Waals surface area contributed by atoms with Gasteiger partial charge in [0, 0.05) is 17.7 Å². The average Bonchev–Trinajstić information content (AvgIpc) is 3.08. The first kappa shape index (κ1) is 17.7. The molecule has 5 nitrogen and oxygen atoms in total. The van der Waals surface area contributed by atoms with Crippen molar-refractivity contribution in [2.24, 2.45) is 5.92 Å². The van der Waals surface area contributed by atoms with Gasteiger partial charge in [0.25, 0.3) is 0 Å². The highest BCUT2D eigenvalue weighted by Crippen LogP contribution is 2.46. The molecule has 5 rings (SSSR count). The molecule has 2 atom stereocenters. The number of nitrogens with zero attached hydrogens (tertiary/aromatic N) is 2. The van der Waals surface area contributed by atoms with Crippen molar-refractivity contribution in [2.75, 3.05) is 12.4 Å². The smallest absolute Gasteiger partial charge is 0.144 e. The van der Waals surface area contributed by atoms with Gasteiger partial charge >= 0.3 is 0 Å². The number of aromatic nitrogens is 2. The van der Waals surface area contributed by atoms with Crippen molar-refractivity contribution >= 4 is 11.6 Å². The second-order valence-electron chi connectivity index (χ2n) is 7.60. The van der Waals surface area contributed by atoms with E-state index < -0.39 is 0 Å². The van der Waals surface area contributed by atoms with E-state index in [1.807, 2.05) is 54.1 Å².